The summed E-state index contributed by atoms with van der Waals surface area (Å²) in [5.74, 6) is -1.74. The number of halogens is 3. The van der Waals surface area contributed by atoms with E-state index in [1.54, 1.807) is 25.1 Å². The van der Waals surface area contributed by atoms with Crippen molar-refractivity contribution < 1.29 is 27.6 Å². The van der Waals surface area contributed by atoms with Crippen molar-refractivity contribution in [3.63, 3.8) is 0 Å². The SMILES string of the molecule is CCC(C)Sc1ccc(NC(=O)CCN2C(=O)c3ccc(C)cc3C2=O)c(C(F)(F)F)c1. The van der Waals surface area contributed by atoms with E-state index in [2.05, 4.69) is 5.32 Å². The van der Waals surface area contributed by atoms with Crippen molar-refractivity contribution in [2.75, 3.05) is 11.9 Å². The molecule has 1 heterocycles. The largest absolute Gasteiger partial charge is 0.418 e. The van der Waals surface area contributed by atoms with Gasteiger partial charge in [0.1, 0.15) is 0 Å². The summed E-state index contributed by atoms with van der Waals surface area (Å²) in [6, 6.07) is 8.66. The molecule has 170 valence electrons. The number of carbonyl (C=O) groups excluding carboxylic acids is 3. The minimum atomic E-state index is -4.64. The Morgan fingerprint density at radius 2 is 1.78 bits per heavy atom. The molecule has 0 aromatic heterocycles. The van der Waals surface area contributed by atoms with Crippen LogP contribution in [0.5, 0.6) is 0 Å². The molecule has 0 aliphatic carbocycles. The second-order valence-electron chi connectivity index (χ2n) is 7.65. The van der Waals surface area contributed by atoms with Gasteiger partial charge < -0.3 is 5.32 Å². The standard InChI is InChI=1S/C23H23F3N2O3S/c1-4-14(3)32-15-6-8-19(18(12-15)23(24,25)26)27-20(29)9-10-28-21(30)16-7-5-13(2)11-17(16)22(28)31/h5-8,11-12,14H,4,9-10H2,1-3H3,(H,27,29). The van der Waals surface area contributed by atoms with E-state index in [9.17, 15) is 27.6 Å². The highest BCUT2D eigenvalue weighted by Crippen LogP contribution is 2.38. The zero-order chi connectivity index (χ0) is 23.6. The number of hydrogen-bond acceptors (Lipinski definition) is 4. The van der Waals surface area contributed by atoms with E-state index in [1.165, 1.54) is 23.9 Å². The summed E-state index contributed by atoms with van der Waals surface area (Å²) in [7, 11) is 0. The Hall–Kier alpha value is -2.81. The predicted octanol–water partition coefficient (Wildman–Crippen LogP) is 5.53. The molecule has 1 atom stereocenters. The van der Waals surface area contributed by atoms with Gasteiger partial charge in [0.15, 0.2) is 0 Å². The van der Waals surface area contributed by atoms with Crippen molar-refractivity contribution in [2.45, 2.75) is 49.9 Å². The van der Waals surface area contributed by atoms with Gasteiger partial charge in [-0.25, -0.2) is 0 Å². The maximum Gasteiger partial charge on any atom is 0.418 e. The highest BCUT2D eigenvalue weighted by Gasteiger charge is 2.36. The summed E-state index contributed by atoms with van der Waals surface area (Å²) in [4.78, 5) is 38.7. The lowest BCUT2D eigenvalue weighted by molar-refractivity contribution is -0.137. The number of anilines is 1. The minimum absolute atomic E-state index is 0.153. The quantitative estimate of drug-likeness (QED) is 0.432. The number of alkyl halides is 3. The van der Waals surface area contributed by atoms with Gasteiger partial charge in [0, 0.05) is 23.1 Å². The third kappa shape index (κ3) is 5.15. The number of aryl methyl sites for hydroxylation is 1. The van der Waals surface area contributed by atoms with E-state index < -0.39 is 29.5 Å². The first-order valence-electron chi connectivity index (χ1n) is 10.2. The van der Waals surface area contributed by atoms with Crippen LogP contribution in [0.15, 0.2) is 41.3 Å². The number of amides is 3. The average Bonchev–Trinajstić information content (AvgIpc) is 2.96. The van der Waals surface area contributed by atoms with E-state index >= 15 is 0 Å². The lowest BCUT2D eigenvalue weighted by Crippen LogP contribution is -2.33. The van der Waals surface area contributed by atoms with Gasteiger partial charge >= 0.3 is 6.18 Å². The number of rotatable bonds is 7. The Labute approximate surface area is 188 Å². The predicted molar refractivity (Wildman–Crippen MR) is 117 cm³/mol. The van der Waals surface area contributed by atoms with Crippen LogP contribution in [0.25, 0.3) is 0 Å². The average molecular weight is 465 g/mol. The molecule has 2 aromatic rings. The molecule has 0 saturated heterocycles. The fraction of sp³-hybridized carbons (Fsp3) is 0.348. The van der Waals surface area contributed by atoms with Gasteiger partial charge in [-0.05, 0) is 43.7 Å². The third-order valence-electron chi connectivity index (χ3n) is 5.17. The van der Waals surface area contributed by atoms with Crippen LogP contribution in [0.3, 0.4) is 0 Å². The van der Waals surface area contributed by atoms with Gasteiger partial charge in [-0.3, -0.25) is 19.3 Å². The molecule has 1 aliphatic heterocycles. The fourth-order valence-corrected chi connectivity index (χ4v) is 4.25. The fourth-order valence-electron chi connectivity index (χ4n) is 3.29. The Bertz CT molecular complexity index is 1070. The summed E-state index contributed by atoms with van der Waals surface area (Å²) in [6.45, 7) is 5.44. The van der Waals surface area contributed by atoms with Crippen molar-refractivity contribution in [1.82, 2.24) is 4.90 Å². The third-order valence-corrected chi connectivity index (χ3v) is 6.43. The molecule has 0 radical (unpaired) electrons. The number of fused-ring (bicyclic) bond motifs is 1. The van der Waals surface area contributed by atoms with Gasteiger partial charge in [0.05, 0.1) is 22.4 Å². The molecule has 9 heteroatoms. The van der Waals surface area contributed by atoms with Crippen LogP contribution in [0.1, 0.15) is 58.5 Å². The molecule has 0 fully saturated rings. The molecule has 0 bridgehead atoms. The van der Waals surface area contributed by atoms with Gasteiger partial charge in [-0.1, -0.05) is 25.5 Å². The van der Waals surface area contributed by atoms with Crippen LogP contribution in [0, 0.1) is 6.92 Å². The van der Waals surface area contributed by atoms with E-state index in [1.807, 2.05) is 13.8 Å². The minimum Gasteiger partial charge on any atom is -0.325 e. The first kappa shape index (κ1) is 23.8. The number of nitrogens with zero attached hydrogens (tertiary/aromatic N) is 1. The van der Waals surface area contributed by atoms with E-state index in [0.29, 0.717) is 4.90 Å². The lowest BCUT2D eigenvalue weighted by atomic mass is 10.1. The van der Waals surface area contributed by atoms with E-state index in [4.69, 9.17) is 0 Å². The summed E-state index contributed by atoms with van der Waals surface area (Å²) in [5, 5.41) is 2.43. The van der Waals surface area contributed by atoms with Crippen LogP contribution in [0.4, 0.5) is 18.9 Å². The zero-order valence-electron chi connectivity index (χ0n) is 17.9. The molecule has 3 rings (SSSR count). The first-order chi connectivity index (χ1) is 15.0. The van der Waals surface area contributed by atoms with Crippen molar-refractivity contribution in [3.8, 4) is 0 Å². The number of nitrogens with one attached hydrogen (secondary N) is 1. The molecule has 1 N–H and O–H groups in total. The van der Waals surface area contributed by atoms with Crippen molar-refractivity contribution in [2.24, 2.45) is 0 Å². The highest BCUT2D eigenvalue weighted by molar-refractivity contribution is 7.99. The second-order valence-corrected chi connectivity index (χ2v) is 9.16. The molecule has 2 aromatic carbocycles. The van der Waals surface area contributed by atoms with Crippen LogP contribution in [0.2, 0.25) is 0 Å². The number of carbonyl (C=O) groups is 3. The molecular weight excluding hydrogens is 441 g/mol. The number of imide groups is 1. The van der Waals surface area contributed by atoms with Crippen LogP contribution in [-0.4, -0.2) is 34.4 Å². The zero-order valence-corrected chi connectivity index (χ0v) is 18.7. The topological polar surface area (TPSA) is 66.5 Å². The number of thioether (sulfide) groups is 1. The summed E-state index contributed by atoms with van der Waals surface area (Å²) in [5.41, 5.74) is 0.0578. The Morgan fingerprint density at radius 1 is 1.09 bits per heavy atom. The summed E-state index contributed by atoms with van der Waals surface area (Å²) in [6.07, 6.45) is -4.15. The maximum atomic E-state index is 13.6. The maximum absolute atomic E-state index is 13.6. The van der Waals surface area contributed by atoms with Gasteiger partial charge in [0.2, 0.25) is 5.91 Å². The summed E-state index contributed by atoms with van der Waals surface area (Å²) < 4.78 is 40.7. The molecule has 1 unspecified atom stereocenters. The molecule has 5 nitrogen and oxygen atoms in total. The number of benzene rings is 2. The van der Waals surface area contributed by atoms with Gasteiger partial charge in [-0.15, -0.1) is 11.8 Å². The monoisotopic (exact) mass is 464 g/mol. The molecule has 32 heavy (non-hydrogen) atoms. The first-order valence-corrected chi connectivity index (χ1v) is 11.0. The van der Waals surface area contributed by atoms with E-state index in [0.717, 1.165) is 23.0 Å². The Balaban J connectivity index is 1.70. The lowest BCUT2D eigenvalue weighted by Gasteiger charge is -2.17. The molecule has 1 aliphatic rings. The smallest absolute Gasteiger partial charge is 0.325 e. The molecule has 3 amide bonds. The van der Waals surface area contributed by atoms with Crippen LogP contribution >= 0.6 is 11.8 Å². The molecule has 0 spiro atoms. The number of hydrogen-bond donors (Lipinski definition) is 1. The van der Waals surface area contributed by atoms with E-state index in [-0.39, 0.29) is 35.0 Å². The van der Waals surface area contributed by atoms with Crippen molar-refractivity contribution in [3.05, 3.63) is 58.7 Å². The van der Waals surface area contributed by atoms with Gasteiger partial charge in [0.25, 0.3) is 11.8 Å². The van der Waals surface area contributed by atoms with Crippen LogP contribution < -0.4 is 5.32 Å². The van der Waals surface area contributed by atoms with Crippen LogP contribution in [-0.2, 0) is 11.0 Å². The van der Waals surface area contributed by atoms with Crippen molar-refractivity contribution in [1.29, 1.82) is 0 Å². The summed E-state index contributed by atoms with van der Waals surface area (Å²) >= 11 is 1.33. The molecule has 0 saturated carbocycles. The highest BCUT2D eigenvalue weighted by atomic mass is 32.2. The normalized spacial score (nSPS) is 14.5. The van der Waals surface area contributed by atoms with Crippen molar-refractivity contribution >= 4 is 35.2 Å². The Morgan fingerprint density at radius 3 is 2.44 bits per heavy atom. The molecular formula is C23H23F3N2O3S. The van der Waals surface area contributed by atoms with Gasteiger partial charge in [-0.2, -0.15) is 13.2 Å². The second kappa shape index (κ2) is 9.36. The Kier molecular flexibility index (Phi) is 6.97.